The van der Waals surface area contributed by atoms with Crippen LogP contribution in [0, 0.1) is 12.7 Å². The van der Waals surface area contributed by atoms with Crippen LogP contribution in [0.5, 0.6) is 0 Å². The molecule has 0 atom stereocenters. The predicted molar refractivity (Wildman–Crippen MR) is 120 cm³/mol. The lowest BCUT2D eigenvalue weighted by molar-refractivity contribution is 0.631. The van der Waals surface area contributed by atoms with Crippen LogP contribution in [0.15, 0.2) is 67.0 Å². The Hall–Kier alpha value is -4.46. The van der Waals surface area contributed by atoms with Gasteiger partial charge in [-0.25, -0.2) is 14.4 Å². The van der Waals surface area contributed by atoms with Gasteiger partial charge in [0.05, 0.1) is 22.4 Å². The lowest BCUT2D eigenvalue weighted by atomic mass is 10.1. The summed E-state index contributed by atoms with van der Waals surface area (Å²) in [5, 5.41) is 7.44. The first kappa shape index (κ1) is 18.3. The molecule has 7 nitrogen and oxygen atoms in total. The van der Waals surface area contributed by atoms with E-state index >= 15 is 0 Å². The summed E-state index contributed by atoms with van der Waals surface area (Å²) in [5.74, 6) is 0.179. The highest BCUT2D eigenvalue weighted by Crippen LogP contribution is 2.31. The van der Waals surface area contributed by atoms with Gasteiger partial charge in [0.15, 0.2) is 11.5 Å². The van der Waals surface area contributed by atoms with Crippen molar-refractivity contribution in [3.05, 3.63) is 78.4 Å². The number of halogens is 1. The van der Waals surface area contributed by atoms with Crippen molar-refractivity contribution in [2.45, 2.75) is 6.92 Å². The molecule has 0 aliphatic carbocycles. The standard InChI is InChI=1S/C24H16FN7/c1-13-8-10-26-19(12-13)16-6-7-18-22(28-16)23(32-31-18)24-29-17-9-11-27-20(21(17)30-24)14-4-2-3-5-15(14)25/h2-12H,1H3,(H,29,30)(H,31,32). The van der Waals surface area contributed by atoms with E-state index in [1.54, 1.807) is 36.7 Å². The number of aromatic nitrogens is 7. The fourth-order valence-corrected chi connectivity index (χ4v) is 3.78. The zero-order valence-corrected chi connectivity index (χ0v) is 17.0. The van der Waals surface area contributed by atoms with Gasteiger partial charge in [0.2, 0.25) is 0 Å². The van der Waals surface area contributed by atoms with Crippen LogP contribution in [0.25, 0.3) is 56.2 Å². The second kappa shape index (κ2) is 7.05. The highest BCUT2D eigenvalue weighted by molar-refractivity contribution is 5.95. The zero-order valence-electron chi connectivity index (χ0n) is 17.0. The van der Waals surface area contributed by atoms with E-state index in [9.17, 15) is 4.39 Å². The summed E-state index contributed by atoms with van der Waals surface area (Å²) in [5.41, 5.74) is 6.84. The maximum Gasteiger partial charge on any atom is 0.161 e. The zero-order chi connectivity index (χ0) is 21.7. The van der Waals surface area contributed by atoms with Gasteiger partial charge < -0.3 is 4.98 Å². The minimum absolute atomic E-state index is 0.348. The number of aryl methyl sites for hydroxylation is 1. The molecule has 5 aromatic heterocycles. The average molecular weight is 421 g/mol. The monoisotopic (exact) mass is 421 g/mol. The minimum Gasteiger partial charge on any atom is -0.336 e. The molecule has 6 rings (SSSR count). The highest BCUT2D eigenvalue weighted by Gasteiger charge is 2.18. The molecule has 0 radical (unpaired) electrons. The molecular weight excluding hydrogens is 405 g/mol. The Bertz CT molecular complexity index is 1620. The molecule has 2 N–H and O–H groups in total. The molecule has 6 aromatic rings. The number of hydrogen-bond donors (Lipinski definition) is 2. The molecule has 5 heterocycles. The molecule has 154 valence electrons. The van der Waals surface area contributed by atoms with E-state index in [1.165, 1.54) is 6.07 Å². The number of hydrogen-bond acceptors (Lipinski definition) is 5. The van der Waals surface area contributed by atoms with E-state index in [2.05, 4.69) is 25.1 Å². The molecule has 0 fully saturated rings. The van der Waals surface area contributed by atoms with Crippen LogP contribution in [-0.4, -0.2) is 35.1 Å². The molecule has 0 spiro atoms. The predicted octanol–water partition coefficient (Wildman–Crippen LogP) is 5.07. The maximum absolute atomic E-state index is 14.4. The lowest BCUT2D eigenvalue weighted by Crippen LogP contribution is -1.90. The Morgan fingerprint density at radius 3 is 2.50 bits per heavy atom. The molecule has 0 unspecified atom stereocenters. The Kier molecular flexibility index (Phi) is 4.04. The van der Waals surface area contributed by atoms with Crippen LogP contribution >= 0.6 is 0 Å². The first-order valence-electron chi connectivity index (χ1n) is 10.1. The lowest BCUT2D eigenvalue weighted by Gasteiger charge is -2.02. The number of fused-ring (bicyclic) bond motifs is 2. The second-order valence-electron chi connectivity index (χ2n) is 7.50. The third-order valence-corrected chi connectivity index (χ3v) is 5.34. The van der Waals surface area contributed by atoms with Crippen molar-refractivity contribution >= 4 is 22.1 Å². The highest BCUT2D eigenvalue weighted by atomic mass is 19.1. The number of nitrogens with zero attached hydrogens (tertiary/aromatic N) is 5. The molecule has 0 amide bonds. The maximum atomic E-state index is 14.4. The van der Waals surface area contributed by atoms with E-state index in [1.807, 2.05) is 31.2 Å². The van der Waals surface area contributed by atoms with Crippen molar-refractivity contribution in [1.82, 2.24) is 35.1 Å². The molecule has 1 aromatic carbocycles. The quantitative estimate of drug-likeness (QED) is 0.416. The number of aromatic amines is 2. The number of rotatable bonds is 3. The molecule has 0 bridgehead atoms. The van der Waals surface area contributed by atoms with Crippen LogP contribution in [-0.2, 0) is 0 Å². The fourth-order valence-electron chi connectivity index (χ4n) is 3.78. The number of H-pyrrole nitrogens is 2. The SMILES string of the molecule is Cc1ccnc(-c2ccc3[nH]nc(-c4nc5c(-c6ccccc6F)nccc5[nH]4)c3n2)c1. The van der Waals surface area contributed by atoms with Crippen LogP contribution in [0.4, 0.5) is 4.39 Å². The number of benzene rings is 1. The van der Waals surface area contributed by atoms with Crippen LogP contribution in [0.2, 0.25) is 0 Å². The Morgan fingerprint density at radius 2 is 1.62 bits per heavy atom. The number of imidazole rings is 1. The normalized spacial score (nSPS) is 11.4. The van der Waals surface area contributed by atoms with E-state index < -0.39 is 0 Å². The van der Waals surface area contributed by atoms with Crippen LogP contribution < -0.4 is 0 Å². The first-order chi connectivity index (χ1) is 15.7. The second-order valence-corrected chi connectivity index (χ2v) is 7.50. The van der Waals surface area contributed by atoms with Crippen molar-refractivity contribution in [1.29, 1.82) is 0 Å². The number of pyridine rings is 3. The molecule has 0 saturated heterocycles. The topological polar surface area (TPSA) is 96.0 Å². The van der Waals surface area contributed by atoms with Crippen molar-refractivity contribution < 1.29 is 4.39 Å². The van der Waals surface area contributed by atoms with Gasteiger partial charge in [0, 0.05) is 18.0 Å². The summed E-state index contributed by atoms with van der Waals surface area (Å²) < 4.78 is 14.4. The summed E-state index contributed by atoms with van der Waals surface area (Å²) in [4.78, 5) is 21.6. The molecular formula is C24H16FN7. The van der Waals surface area contributed by atoms with Crippen molar-refractivity contribution in [3.63, 3.8) is 0 Å². The Morgan fingerprint density at radius 1 is 0.781 bits per heavy atom. The third-order valence-electron chi connectivity index (χ3n) is 5.34. The van der Waals surface area contributed by atoms with Crippen molar-refractivity contribution in [2.75, 3.05) is 0 Å². The molecule has 8 heteroatoms. The summed E-state index contributed by atoms with van der Waals surface area (Å²) in [6.07, 6.45) is 3.40. The van der Waals surface area contributed by atoms with Gasteiger partial charge in [-0.1, -0.05) is 12.1 Å². The van der Waals surface area contributed by atoms with Crippen molar-refractivity contribution in [3.8, 4) is 34.2 Å². The van der Waals surface area contributed by atoms with Gasteiger partial charge in [-0.15, -0.1) is 0 Å². The third kappa shape index (κ3) is 2.92. The van der Waals surface area contributed by atoms with Gasteiger partial charge in [-0.2, -0.15) is 5.10 Å². The van der Waals surface area contributed by atoms with Gasteiger partial charge in [0.25, 0.3) is 0 Å². The summed E-state index contributed by atoms with van der Waals surface area (Å²) in [7, 11) is 0. The summed E-state index contributed by atoms with van der Waals surface area (Å²) >= 11 is 0. The van der Waals surface area contributed by atoms with E-state index in [0.29, 0.717) is 33.8 Å². The van der Waals surface area contributed by atoms with E-state index in [4.69, 9.17) is 9.97 Å². The molecule has 0 saturated carbocycles. The first-order valence-corrected chi connectivity index (χ1v) is 10.1. The van der Waals surface area contributed by atoms with Crippen LogP contribution in [0.1, 0.15) is 5.56 Å². The minimum atomic E-state index is -0.348. The largest absolute Gasteiger partial charge is 0.336 e. The Balaban J connectivity index is 1.52. The van der Waals surface area contributed by atoms with Crippen LogP contribution in [0.3, 0.4) is 0 Å². The fraction of sp³-hybridized carbons (Fsp3) is 0.0417. The smallest absolute Gasteiger partial charge is 0.161 e. The molecule has 32 heavy (non-hydrogen) atoms. The van der Waals surface area contributed by atoms with Gasteiger partial charge >= 0.3 is 0 Å². The van der Waals surface area contributed by atoms with Gasteiger partial charge in [-0.05, 0) is 55.0 Å². The van der Waals surface area contributed by atoms with Crippen molar-refractivity contribution in [2.24, 2.45) is 0 Å². The molecule has 0 aliphatic heterocycles. The van der Waals surface area contributed by atoms with Gasteiger partial charge in [0.1, 0.15) is 22.5 Å². The van der Waals surface area contributed by atoms with E-state index in [-0.39, 0.29) is 5.82 Å². The van der Waals surface area contributed by atoms with E-state index in [0.717, 1.165) is 28.0 Å². The Labute approximate surface area is 181 Å². The molecule has 0 aliphatic rings. The summed E-state index contributed by atoms with van der Waals surface area (Å²) in [6.45, 7) is 2.02. The number of nitrogens with one attached hydrogen (secondary N) is 2. The average Bonchev–Trinajstić information content (AvgIpc) is 3.43. The summed E-state index contributed by atoms with van der Waals surface area (Å²) in [6, 6.07) is 16.1. The van der Waals surface area contributed by atoms with Gasteiger partial charge in [-0.3, -0.25) is 15.1 Å².